The van der Waals surface area contributed by atoms with Gasteiger partial charge in [0, 0.05) is 22.3 Å². The van der Waals surface area contributed by atoms with Crippen LogP contribution in [0, 0.1) is 0 Å². The minimum atomic E-state index is -0.188. The highest BCUT2D eigenvalue weighted by Crippen LogP contribution is 2.31. The molecule has 1 aliphatic carbocycles. The lowest BCUT2D eigenvalue weighted by Gasteiger charge is -2.18. The third-order valence-corrected chi connectivity index (χ3v) is 3.13. The number of nitrogens with two attached hydrogens (primary N) is 2. The van der Waals surface area contributed by atoms with Crippen molar-refractivity contribution in [3.63, 3.8) is 0 Å². The maximum absolute atomic E-state index is 12.3. The fourth-order valence-corrected chi connectivity index (χ4v) is 2.18. The predicted molar refractivity (Wildman–Crippen MR) is 68.6 cm³/mol. The number of rotatable bonds is 0. The molecule has 0 unspecified atom stereocenters. The molecule has 1 aliphatic rings. The van der Waals surface area contributed by atoms with Gasteiger partial charge in [-0.2, -0.15) is 0 Å². The normalized spacial score (nSPS) is 13.1. The molecule has 18 heavy (non-hydrogen) atoms. The second-order valence-electron chi connectivity index (χ2n) is 4.23. The minimum absolute atomic E-state index is 0.188. The molecule has 0 aromatic heterocycles. The molecule has 0 atom stereocenters. The molecule has 0 bridgehead atoms. The van der Waals surface area contributed by atoms with Gasteiger partial charge in [0.05, 0.1) is 11.4 Å². The van der Waals surface area contributed by atoms with Gasteiger partial charge >= 0.3 is 0 Å². The number of ketones is 2. The van der Waals surface area contributed by atoms with Gasteiger partial charge in [0.15, 0.2) is 11.6 Å². The quantitative estimate of drug-likeness (QED) is 0.583. The van der Waals surface area contributed by atoms with E-state index in [4.69, 9.17) is 11.5 Å². The minimum Gasteiger partial charge on any atom is -0.397 e. The second kappa shape index (κ2) is 3.43. The topological polar surface area (TPSA) is 86.2 Å². The van der Waals surface area contributed by atoms with E-state index in [1.165, 1.54) is 12.1 Å². The van der Waals surface area contributed by atoms with Gasteiger partial charge in [0.1, 0.15) is 0 Å². The summed E-state index contributed by atoms with van der Waals surface area (Å²) in [5.74, 6) is -0.376. The third-order valence-electron chi connectivity index (χ3n) is 3.13. The molecule has 2 aromatic carbocycles. The van der Waals surface area contributed by atoms with Gasteiger partial charge in [0.2, 0.25) is 0 Å². The Labute approximate surface area is 103 Å². The molecular weight excluding hydrogens is 228 g/mol. The first-order chi connectivity index (χ1) is 8.59. The molecule has 88 valence electrons. The summed E-state index contributed by atoms with van der Waals surface area (Å²) in [5, 5.41) is 0. The summed E-state index contributed by atoms with van der Waals surface area (Å²) < 4.78 is 0. The number of anilines is 2. The number of nitrogen functional groups attached to an aromatic ring is 2. The Hall–Kier alpha value is -2.62. The lowest BCUT2D eigenvalue weighted by atomic mass is 9.83. The number of fused-ring (bicyclic) bond motifs is 2. The Balaban J connectivity index is 2.34. The number of carbonyl (C=O) groups is 2. The summed E-state index contributed by atoms with van der Waals surface area (Å²) in [4.78, 5) is 24.5. The van der Waals surface area contributed by atoms with Crippen molar-refractivity contribution in [2.45, 2.75) is 0 Å². The van der Waals surface area contributed by atoms with Crippen molar-refractivity contribution in [3.05, 3.63) is 58.7 Å². The highest BCUT2D eigenvalue weighted by molar-refractivity contribution is 6.29. The van der Waals surface area contributed by atoms with Gasteiger partial charge in [-0.1, -0.05) is 24.3 Å². The summed E-state index contributed by atoms with van der Waals surface area (Å²) in [5.41, 5.74) is 13.5. The van der Waals surface area contributed by atoms with E-state index >= 15 is 0 Å². The number of hydrogen-bond donors (Lipinski definition) is 2. The Morgan fingerprint density at radius 3 is 1.44 bits per heavy atom. The summed E-state index contributed by atoms with van der Waals surface area (Å²) in [6.45, 7) is 0. The molecule has 0 aliphatic heterocycles. The average Bonchev–Trinajstić information content (AvgIpc) is 2.38. The number of hydrogen-bond acceptors (Lipinski definition) is 4. The molecule has 4 N–H and O–H groups in total. The van der Waals surface area contributed by atoms with Crippen LogP contribution in [0.1, 0.15) is 31.8 Å². The van der Waals surface area contributed by atoms with Crippen LogP contribution >= 0.6 is 0 Å². The third kappa shape index (κ3) is 1.26. The molecule has 0 radical (unpaired) electrons. The Bertz CT molecular complexity index is 645. The van der Waals surface area contributed by atoms with Gasteiger partial charge in [-0.3, -0.25) is 9.59 Å². The van der Waals surface area contributed by atoms with E-state index in [1.807, 2.05) is 0 Å². The van der Waals surface area contributed by atoms with Crippen molar-refractivity contribution in [2.24, 2.45) is 0 Å². The smallest absolute Gasteiger partial charge is 0.194 e. The van der Waals surface area contributed by atoms with Crippen molar-refractivity contribution in [1.29, 1.82) is 0 Å². The van der Waals surface area contributed by atoms with Crippen LogP contribution in [0.2, 0.25) is 0 Å². The lowest BCUT2D eigenvalue weighted by molar-refractivity contribution is 0.0979. The fourth-order valence-electron chi connectivity index (χ4n) is 2.18. The Kier molecular flexibility index (Phi) is 2.01. The van der Waals surface area contributed by atoms with Crippen LogP contribution in [0.25, 0.3) is 0 Å². The van der Waals surface area contributed by atoms with E-state index in [0.717, 1.165) is 0 Å². The van der Waals surface area contributed by atoms with Crippen LogP contribution < -0.4 is 11.5 Å². The van der Waals surface area contributed by atoms with Crippen molar-refractivity contribution in [2.75, 3.05) is 11.5 Å². The summed E-state index contributed by atoms with van der Waals surface area (Å²) in [6, 6.07) is 9.70. The first kappa shape index (κ1) is 10.5. The first-order valence-electron chi connectivity index (χ1n) is 5.47. The summed E-state index contributed by atoms with van der Waals surface area (Å²) in [7, 11) is 0. The molecule has 0 amide bonds. The molecule has 0 fully saturated rings. The van der Waals surface area contributed by atoms with Gasteiger partial charge in [-0.25, -0.2) is 0 Å². The zero-order chi connectivity index (χ0) is 12.9. The molecule has 0 spiro atoms. The van der Waals surface area contributed by atoms with E-state index in [-0.39, 0.29) is 11.6 Å². The molecule has 4 heteroatoms. The maximum Gasteiger partial charge on any atom is 0.194 e. The molecule has 3 rings (SSSR count). The summed E-state index contributed by atoms with van der Waals surface area (Å²) in [6.07, 6.45) is 0. The molecule has 0 saturated heterocycles. The molecular formula is C14H10N2O2. The maximum atomic E-state index is 12.3. The number of benzene rings is 2. The van der Waals surface area contributed by atoms with E-state index < -0.39 is 0 Å². The van der Waals surface area contributed by atoms with E-state index in [9.17, 15) is 9.59 Å². The molecule has 4 nitrogen and oxygen atoms in total. The molecule has 0 heterocycles. The van der Waals surface area contributed by atoms with Crippen molar-refractivity contribution < 1.29 is 9.59 Å². The zero-order valence-corrected chi connectivity index (χ0v) is 9.44. The van der Waals surface area contributed by atoms with Gasteiger partial charge in [0.25, 0.3) is 0 Å². The van der Waals surface area contributed by atoms with E-state index in [0.29, 0.717) is 33.6 Å². The van der Waals surface area contributed by atoms with Crippen LogP contribution in [-0.4, -0.2) is 11.6 Å². The van der Waals surface area contributed by atoms with Crippen LogP contribution in [0.5, 0.6) is 0 Å². The van der Waals surface area contributed by atoms with Crippen molar-refractivity contribution >= 4 is 22.9 Å². The first-order valence-corrected chi connectivity index (χ1v) is 5.47. The van der Waals surface area contributed by atoms with Crippen LogP contribution in [0.15, 0.2) is 36.4 Å². The van der Waals surface area contributed by atoms with Crippen LogP contribution in [-0.2, 0) is 0 Å². The fraction of sp³-hybridized carbons (Fsp3) is 0. The van der Waals surface area contributed by atoms with Gasteiger partial charge in [-0.15, -0.1) is 0 Å². The predicted octanol–water partition coefficient (Wildman–Crippen LogP) is 1.63. The van der Waals surface area contributed by atoms with Gasteiger partial charge < -0.3 is 11.5 Å². The van der Waals surface area contributed by atoms with Crippen molar-refractivity contribution in [3.8, 4) is 0 Å². The second-order valence-corrected chi connectivity index (χ2v) is 4.23. The monoisotopic (exact) mass is 238 g/mol. The lowest BCUT2D eigenvalue weighted by Crippen LogP contribution is -2.21. The molecule has 2 aromatic rings. The van der Waals surface area contributed by atoms with Crippen LogP contribution in [0.4, 0.5) is 11.4 Å². The zero-order valence-electron chi connectivity index (χ0n) is 9.44. The standard InChI is InChI=1S/C14H10N2O2/c15-11-5-9-10(6-12(11)16)14(18)8-4-2-1-3-7(8)13(9)17/h1-6H,15-16H2. The Morgan fingerprint density at radius 1 is 0.667 bits per heavy atom. The molecule has 0 saturated carbocycles. The SMILES string of the molecule is Nc1cc2c(cc1N)C(=O)c1ccccc1C2=O. The largest absolute Gasteiger partial charge is 0.397 e. The number of carbonyl (C=O) groups excluding carboxylic acids is 2. The summed E-state index contributed by atoms with van der Waals surface area (Å²) >= 11 is 0. The Morgan fingerprint density at radius 2 is 1.06 bits per heavy atom. The van der Waals surface area contributed by atoms with E-state index in [1.54, 1.807) is 24.3 Å². The average molecular weight is 238 g/mol. The van der Waals surface area contributed by atoms with E-state index in [2.05, 4.69) is 0 Å². The van der Waals surface area contributed by atoms with Gasteiger partial charge in [-0.05, 0) is 12.1 Å². The highest BCUT2D eigenvalue weighted by Gasteiger charge is 2.29. The van der Waals surface area contributed by atoms with Crippen LogP contribution in [0.3, 0.4) is 0 Å². The van der Waals surface area contributed by atoms with Crippen molar-refractivity contribution in [1.82, 2.24) is 0 Å². The highest BCUT2D eigenvalue weighted by atomic mass is 16.1.